The largest absolute Gasteiger partial charge is 0.478 e. The lowest BCUT2D eigenvalue weighted by atomic mass is 10.0. The van der Waals surface area contributed by atoms with Crippen LogP contribution in [0.5, 0.6) is 0 Å². The van der Waals surface area contributed by atoms with Crippen LogP contribution in [0, 0.1) is 0 Å². The highest BCUT2D eigenvalue weighted by Gasteiger charge is 2.12. The van der Waals surface area contributed by atoms with Crippen LogP contribution in [0.4, 0.5) is 0 Å². The van der Waals surface area contributed by atoms with Crippen molar-refractivity contribution in [1.82, 2.24) is 10.1 Å². The molecule has 0 aliphatic rings. The van der Waals surface area contributed by atoms with Gasteiger partial charge in [-0.3, -0.25) is 0 Å². The molecule has 1 N–H and O–H groups in total. The molecule has 3 rings (SSSR count). The van der Waals surface area contributed by atoms with Crippen LogP contribution in [0.2, 0.25) is 0 Å². The zero-order valence-corrected chi connectivity index (χ0v) is 12.9. The number of hydrogen-bond donors (Lipinski definition) is 1. The van der Waals surface area contributed by atoms with Gasteiger partial charge in [0.05, 0.1) is 5.56 Å². The Morgan fingerprint density at radius 3 is 2.48 bits per heavy atom. The number of aromatic nitrogens is 2. The number of aromatic carboxylic acids is 1. The van der Waals surface area contributed by atoms with Crippen LogP contribution in [-0.2, 0) is 0 Å². The summed E-state index contributed by atoms with van der Waals surface area (Å²) in [5.74, 6) is 0.256. The molecule has 0 fully saturated rings. The first-order valence-corrected chi connectivity index (χ1v) is 7.32. The average molecular weight is 308 g/mol. The summed E-state index contributed by atoms with van der Waals surface area (Å²) in [5, 5.41) is 13.0. The summed E-state index contributed by atoms with van der Waals surface area (Å²) in [6, 6.07) is 14.4. The van der Waals surface area contributed by atoms with E-state index in [2.05, 4.69) is 24.0 Å². The lowest BCUT2D eigenvalue weighted by Crippen LogP contribution is -1.95. The van der Waals surface area contributed by atoms with E-state index in [9.17, 15) is 4.79 Å². The molecule has 1 heterocycles. The summed E-state index contributed by atoms with van der Waals surface area (Å²) >= 11 is 0. The quantitative estimate of drug-likeness (QED) is 0.780. The first-order chi connectivity index (χ1) is 11.0. The molecule has 0 amide bonds. The van der Waals surface area contributed by atoms with Gasteiger partial charge in [0, 0.05) is 11.1 Å². The molecule has 0 bridgehead atoms. The van der Waals surface area contributed by atoms with Gasteiger partial charge in [0.2, 0.25) is 5.82 Å². The van der Waals surface area contributed by atoms with Crippen molar-refractivity contribution < 1.29 is 14.4 Å². The molecule has 116 valence electrons. The van der Waals surface area contributed by atoms with Crippen LogP contribution in [0.15, 0.2) is 53.1 Å². The Morgan fingerprint density at radius 1 is 1.09 bits per heavy atom. The third kappa shape index (κ3) is 3.13. The maximum atomic E-state index is 11.0. The summed E-state index contributed by atoms with van der Waals surface area (Å²) in [4.78, 5) is 15.4. The third-order valence-electron chi connectivity index (χ3n) is 3.62. The monoisotopic (exact) mass is 308 g/mol. The Bertz CT molecular complexity index is 835. The smallest absolute Gasteiger partial charge is 0.335 e. The third-order valence-corrected chi connectivity index (χ3v) is 3.62. The average Bonchev–Trinajstić information content (AvgIpc) is 3.05. The Labute approximate surface area is 133 Å². The number of carboxylic acids is 1. The Balaban J connectivity index is 1.91. The van der Waals surface area contributed by atoms with Crippen molar-refractivity contribution in [2.75, 3.05) is 0 Å². The molecule has 0 atom stereocenters. The van der Waals surface area contributed by atoms with Gasteiger partial charge in [0.15, 0.2) is 0 Å². The first kappa shape index (κ1) is 15.0. The Kier molecular flexibility index (Phi) is 3.93. The van der Waals surface area contributed by atoms with E-state index in [-0.39, 0.29) is 5.56 Å². The second-order valence-electron chi connectivity index (χ2n) is 5.59. The lowest BCUT2D eigenvalue weighted by molar-refractivity contribution is 0.0697. The number of rotatable bonds is 4. The molecule has 1 aromatic heterocycles. The lowest BCUT2D eigenvalue weighted by Gasteiger charge is -2.04. The minimum Gasteiger partial charge on any atom is -0.478 e. The molecule has 5 nitrogen and oxygen atoms in total. The van der Waals surface area contributed by atoms with Crippen LogP contribution >= 0.6 is 0 Å². The van der Waals surface area contributed by atoms with Crippen LogP contribution < -0.4 is 0 Å². The van der Waals surface area contributed by atoms with Gasteiger partial charge in [-0.15, -0.1) is 0 Å². The molecule has 3 aromatic rings. The number of carboxylic acid groups (broad SMARTS) is 1. The van der Waals surface area contributed by atoms with Crippen LogP contribution in [0.1, 0.15) is 35.7 Å². The molecular formula is C18H16N2O3. The second kappa shape index (κ2) is 6.04. The second-order valence-corrected chi connectivity index (χ2v) is 5.59. The minimum absolute atomic E-state index is 0.184. The summed E-state index contributed by atoms with van der Waals surface area (Å²) in [6.07, 6.45) is 0. The van der Waals surface area contributed by atoms with Crippen molar-refractivity contribution in [3.63, 3.8) is 0 Å². The van der Waals surface area contributed by atoms with Gasteiger partial charge >= 0.3 is 5.97 Å². The fourth-order valence-electron chi connectivity index (χ4n) is 2.26. The van der Waals surface area contributed by atoms with E-state index >= 15 is 0 Å². The highest BCUT2D eigenvalue weighted by molar-refractivity contribution is 5.89. The predicted molar refractivity (Wildman–Crippen MR) is 86.2 cm³/mol. The summed E-state index contributed by atoms with van der Waals surface area (Å²) in [5.41, 5.74) is 2.87. The molecular weight excluding hydrogens is 292 g/mol. The molecule has 0 saturated carbocycles. The van der Waals surface area contributed by atoms with Crippen LogP contribution in [0.3, 0.4) is 0 Å². The van der Waals surface area contributed by atoms with Crippen molar-refractivity contribution in [1.29, 1.82) is 0 Å². The minimum atomic E-state index is -0.990. The van der Waals surface area contributed by atoms with Gasteiger partial charge in [0.25, 0.3) is 5.89 Å². The number of benzene rings is 2. The van der Waals surface area contributed by atoms with Gasteiger partial charge in [-0.05, 0) is 29.7 Å². The number of nitrogens with zero attached hydrogens (tertiary/aromatic N) is 2. The highest BCUT2D eigenvalue weighted by Crippen LogP contribution is 2.24. The van der Waals surface area contributed by atoms with Crippen molar-refractivity contribution in [2.45, 2.75) is 19.8 Å². The SMILES string of the molecule is CC(C)c1ccc(-c2noc(-c3cccc(C(=O)O)c3)n2)cc1. The Morgan fingerprint density at radius 2 is 1.83 bits per heavy atom. The molecule has 0 unspecified atom stereocenters. The Hall–Kier alpha value is -2.95. The zero-order chi connectivity index (χ0) is 16.4. The molecule has 0 spiro atoms. The fraction of sp³-hybridized carbons (Fsp3) is 0.167. The van der Waals surface area contributed by atoms with Gasteiger partial charge in [-0.1, -0.05) is 49.3 Å². The molecule has 0 aliphatic heterocycles. The zero-order valence-electron chi connectivity index (χ0n) is 12.9. The van der Waals surface area contributed by atoms with Gasteiger partial charge in [-0.25, -0.2) is 4.79 Å². The van der Waals surface area contributed by atoms with E-state index in [1.165, 1.54) is 17.7 Å². The maximum Gasteiger partial charge on any atom is 0.335 e. The van der Waals surface area contributed by atoms with E-state index in [4.69, 9.17) is 9.63 Å². The van der Waals surface area contributed by atoms with Crippen molar-refractivity contribution in [3.05, 3.63) is 59.7 Å². The summed E-state index contributed by atoms with van der Waals surface area (Å²) in [6.45, 7) is 4.27. The van der Waals surface area contributed by atoms with Crippen LogP contribution in [0.25, 0.3) is 22.8 Å². The predicted octanol–water partition coefficient (Wildman–Crippen LogP) is 4.23. The molecule has 5 heteroatoms. The van der Waals surface area contributed by atoms with E-state index in [1.54, 1.807) is 12.1 Å². The van der Waals surface area contributed by atoms with Crippen molar-refractivity contribution >= 4 is 5.97 Å². The van der Waals surface area contributed by atoms with Gasteiger partial charge in [0.1, 0.15) is 0 Å². The normalized spacial score (nSPS) is 10.9. The molecule has 0 saturated heterocycles. The number of hydrogen-bond acceptors (Lipinski definition) is 4. The van der Waals surface area contributed by atoms with Crippen molar-refractivity contribution in [2.24, 2.45) is 0 Å². The van der Waals surface area contributed by atoms with Gasteiger partial charge in [-0.2, -0.15) is 4.98 Å². The molecule has 0 aliphatic carbocycles. The van der Waals surface area contributed by atoms with E-state index < -0.39 is 5.97 Å². The summed E-state index contributed by atoms with van der Waals surface area (Å²) in [7, 11) is 0. The maximum absolute atomic E-state index is 11.0. The van der Waals surface area contributed by atoms with Crippen LogP contribution in [-0.4, -0.2) is 21.2 Å². The fourth-order valence-corrected chi connectivity index (χ4v) is 2.26. The van der Waals surface area contributed by atoms with Gasteiger partial charge < -0.3 is 9.63 Å². The molecule has 2 aromatic carbocycles. The standard InChI is InChI=1S/C18H16N2O3/c1-11(2)12-6-8-13(9-7-12)16-19-17(23-20-16)14-4-3-5-15(10-14)18(21)22/h3-11H,1-2H3,(H,21,22). The number of carbonyl (C=O) groups is 1. The molecule has 23 heavy (non-hydrogen) atoms. The molecule has 0 radical (unpaired) electrons. The van der Waals surface area contributed by atoms with Crippen molar-refractivity contribution in [3.8, 4) is 22.8 Å². The summed E-state index contributed by atoms with van der Waals surface area (Å²) < 4.78 is 5.26. The van der Waals surface area contributed by atoms with E-state index in [0.29, 0.717) is 23.2 Å². The van der Waals surface area contributed by atoms with E-state index in [0.717, 1.165) is 5.56 Å². The van der Waals surface area contributed by atoms with E-state index in [1.807, 2.05) is 24.3 Å². The first-order valence-electron chi connectivity index (χ1n) is 7.32. The highest BCUT2D eigenvalue weighted by atomic mass is 16.5. The topological polar surface area (TPSA) is 76.2 Å².